The van der Waals surface area contributed by atoms with E-state index >= 15 is 0 Å². The van der Waals surface area contributed by atoms with E-state index in [1.54, 1.807) is 6.07 Å². The second kappa shape index (κ2) is 6.64. The zero-order valence-electron chi connectivity index (χ0n) is 15.4. The monoisotopic (exact) mass is 368 g/mol. The van der Waals surface area contributed by atoms with E-state index in [-0.39, 0.29) is 17.7 Å². The molecule has 1 aliphatic heterocycles. The molecule has 0 bridgehead atoms. The average Bonchev–Trinajstić information content (AvgIpc) is 3.32. The molecule has 28 heavy (non-hydrogen) atoms. The second-order valence-electron chi connectivity index (χ2n) is 7.38. The lowest BCUT2D eigenvalue weighted by Crippen LogP contribution is -2.31. The number of nitrogens with zero attached hydrogens (tertiary/aromatic N) is 1. The lowest BCUT2D eigenvalue weighted by molar-refractivity contribution is 0.0791. The number of rotatable bonds is 3. The van der Waals surface area contributed by atoms with Crippen molar-refractivity contribution in [1.82, 2.24) is 4.90 Å². The first-order chi connectivity index (χ1) is 13.7. The van der Waals surface area contributed by atoms with Crippen LogP contribution >= 0.6 is 0 Å². The average molecular weight is 368 g/mol. The normalized spacial score (nSPS) is 17.4. The molecular formula is C24H20N2O2. The highest BCUT2D eigenvalue weighted by atomic mass is 16.2. The van der Waals surface area contributed by atoms with Crippen LogP contribution in [0.1, 0.15) is 32.7 Å². The van der Waals surface area contributed by atoms with Crippen molar-refractivity contribution in [3.8, 4) is 11.1 Å². The van der Waals surface area contributed by atoms with Gasteiger partial charge in [0.25, 0.3) is 5.91 Å². The fraction of sp³-hybridized carbons (Fsp3) is 0.167. The minimum atomic E-state index is -0.0103. The topological polar surface area (TPSA) is 49.4 Å². The molecular weight excluding hydrogens is 348 g/mol. The molecule has 3 aromatic rings. The summed E-state index contributed by atoms with van der Waals surface area (Å²) in [6.45, 7) is 1.38. The third kappa shape index (κ3) is 2.78. The zero-order chi connectivity index (χ0) is 19.1. The first kappa shape index (κ1) is 16.8. The number of anilines is 1. The molecule has 5 rings (SSSR count). The summed E-state index contributed by atoms with van der Waals surface area (Å²) in [7, 11) is 0. The van der Waals surface area contributed by atoms with Gasteiger partial charge in [0.1, 0.15) is 0 Å². The molecule has 0 saturated carbocycles. The number of hydrogen-bond donors (Lipinski definition) is 1. The Hall–Kier alpha value is -3.40. The molecule has 1 amide bonds. The van der Waals surface area contributed by atoms with E-state index in [1.807, 2.05) is 71.6 Å². The summed E-state index contributed by atoms with van der Waals surface area (Å²) >= 11 is 0. The summed E-state index contributed by atoms with van der Waals surface area (Å²) in [5.41, 5.74) is 4.88. The lowest BCUT2D eigenvalue weighted by atomic mass is 10.0. The molecule has 1 saturated heterocycles. The van der Waals surface area contributed by atoms with Gasteiger partial charge in [-0.1, -0.05) is 48.5 Å². The maximum Gasteiger partial charge on any atom is 0.253 e. The number of amides is 1. The quantitative estimate of drug-likeness (QED) is 0.589. The van der Waals surface area contributed by atoms with Crippen molar-refractivity contribution in [3.63, 3.8) is 0 Å². The van der Waals surface area contributed by atoms with E-state index < -0.39 is 0 Å². The zero-order valence-corrected chi connectivity index (χ0v) is 15.4. The SMILES string of the molecule is O=C1c2ccccc2-c2ccc(C(=O)N3CCC(Nc4ccccc4)C3)cc21. The van der Waals surface area contributed by atoms with Crippen molar-refractivity contribution in [2.75, 3.05) is 18.4 Å². The molecule has 138 valence electrons. The van der Waals surface area contributed by atoms with Crippen LogP contribution in [0.25, 0.3) is 11.1 Å². The Kier molecular flexibility index (Phi) is 3.97. The number of hydrogen-bond acceptors (Lipinski definition) is 3. The first-order valence-corrected chi connectivity index (χ1v) is 9.60. The van der Waals surface area contributed by atoms with E-state index in [2.05, 4.69) is 5.32 Å². The van der Waals surface area contributed by atoms with Crippen LogP contribution in [0.15, 0.2) is 72.8 Å². The van der Waals surface area contributed by atoms with E-state index in [9.17, 15) is 9.59 Å². The number of benzene rings is 3. The van der Waals surface area contributed by atoms with Crippen LogP contribution in [0.4, 0.5) is 5.69 Å². The number of ketones is 1. The third-order valence-electron chi connectivity index (χ3n) is 5.59. The molecule has 4 heteroatoms. The predicted molar refractivity (Wildman–Crippen MR) is 110 cm³/mol. The van der Waals surface area contributed by atoms with Crippen LogP contribution in [0.2, 0.25) is 0 Å². The maximum absolute atomic E-state index is 13.0. The molecule has 1 fully saturated rings. The van der Waals surface area contributed by atoms with E-state index in [4.69, 9.17) is 0 Å². The number of likely N-dealkylation sites (tertiary alicyclic amines) is 1. The van der Waals surface area contributed by atoms with Crippen molar-refractivity contribution < 1.29 is 9.59 Å². The largest absolute Gasteiger partial charge is 0.380 e. The van der Waals surface area contributed by atoms with Gasteiger partial charge in [0.05, 0.1) is 0 Å². The highest BCUT2D eigenvalue weighted by molar-refractivity contribution is 6.22. The molecule has 2 aliphatic rings. The van der Waals surface area contributed by atoms with Crippen molar-refractivity contribution >= 4 is 17.4 Å². The van der Waals surface area contributed by atoms with Gasteiger partial charge in [-0.25, -0.2) is 0 Å². The van der Waals surface area contributed by atoms with E-state index in [0.29, 0.717) is 24.2 Å². The Labute approximate surface area is 163 Å². The van der Waals surface area contributed by atoms with Crippen molar-refractivity contribution in [2.45, 2.75) is 12.5 Å². The van der Waals surface area contributed by atoms with Crippen LogP contribution in [-0.2, 0) is 0 Å². The molecule has 1 atom stereocenters. The van der Waals surface area contributed by atoms with Gasteiger partial charge in [0.2, 0.25) is 0 Å². The molecule has 1 N–H and O–H groups in total. The molecule has 1 aliphatic carbocycles. The highest BCUT2D eigenvalue weighted by Crippen LogP contribution is 2.37. The van der Waals surface area contributed by atoms with Crippen LogP contribution < -0.4 is 5.32 Å². The van der Waals surface area contributed by atoms with Crippen LogP contribution in [0, 0.1) is 0 Å². The molecule has 4 nitrogen and oxygen atoms in total. The maximum atomic E-state index is 13.0. The summed E-state index contributed by atoms with van der Waals surface area (Å²) in [5, 5.41) is 3.49. The number of para-hydroxylation sites is 1. The molecule has 3 aromatic carbocycles. The van der Waals surface area contributed by atoms with Crippen LogP contribution in [0.5, 0.6) is 0 Å². The first-order valence-electron chi connectivity index (χ1n) is 9.60. The van der Waals surface area contributed by atoms with Crippen molar-refractivity contribution in [3.05, 3.63) is 89.5 Å². The summed E-state index contributed by atoms with van der Waals surface area (Å²) in [6.07, 6.45) is 0.913. The molecule has 1 heterocycles. The van der Waals surface area contributed by atoms with Gasteiger partial charge in [-0.3, -0.25) is 9.59 Å². The highest BCUT2D eigenvalue weighted by Gasteiger charge is 2.30. The number of fused-ring (bicyclic) bond motifs is 3. The Morgan fingerprint density at radius 2 is 1.57 bits per heavy atom. The van der Waals surface area contributed by atoms with Gasteiger partial charge in [-0.15, -0.1) is 0 Å². The summed E-state index contributed by atoms with van der Waals surface area (Å²) in [4.78, 5) is 27.6. The predicted octanol–water partition coefficient (Wildman–Crippen LogP) is 4.22. The lowest BCUT2D eigenvalue weighted by Gasteiger charge is -2.18. The standard InChI is InChI=1S/C24H20N2O2/c27-23-21-9-5-4-8-19(21)20-11-10-16(14-22(20)23)24(28)26-13-12-18(15-26)25-17-6-2-1-3-7-17/h1-11,14,18,25H,12-13,15H2. The van der Waals surface area contributed by atoms with Gasteiger partial charge < -0.3 is 10.2 Å². The molecule has 0 radical (unpaired) electrons. The summed E-state index contributed by atoms with van der Waals surface area (Å²) in [6, 6.07) is 23.4. The number of carbonyl (C=O) groups excluding carboxylic acids is 2. The van der Waals surface area contributed by atoms with Gasteiger partial charge >= 0.3 is 0 Å². The minimum absolute atomic E-state index is 0.00490. The second-order valence-corrected chi connectivity index (χ2v) is 7.38. The van der Waals surface area contributed by atoms with Gasteiger partial charge in [0.15, 0.2) is 5.78 Å². The molecule has 0 aromatic heterocycles. The van der Waals surface area contributed by atoms with Crippen LogP contribution in [-0.4, -0.2) is 35.7 Å². The fourth-order valence-electron chi connectivity index (χ4n) is 4.18. The van der Waals surface area contributed by atoms with Gasteiger partial charge in [0, 0.05) is 41.5 Å². The number of carbonyl (C=O) groups is 2. The van der Waals surface area contributed by atoms with E-state index in [0.717, 1.165) is 28.8 Å². The smallest absolute Gasteiger partial charge is 0.253 e. The summed E-state index contributed by atoms with van der Waals surface area (Å²) in [5.74, 6) is -0.00536. The Balaban J connectivity index is 1.34. The van der Waals surface area contributed by atoms with Crippen molar-refractivity contribution in [1.29, 1.82) is 0 Å². The summed E-state index contributed by atoms with van der Waals surface area (Å²) < 4.78 is 0. The van der Waals surface area contributed by atoms with Gasteiger partial charge in [-0.05, 0) is 41.8 Å². The van der Waals surface area contributed by atoms with Gasteiger partial charge in [-0.2, -0.15) is 0 Å². The Morgan fingerprint density at radius 3 is 2.39 bits per heavy atom. The molecule has 1 unspecified atom stereocenters. The minimum Gasteiger partial charge on any atom is -0.380 e. The van der Waals surface area contributed by atoms with Crippen molar-refractivity contribution in [2.24, 2.45) is 0 Å². The van der Waals surface area contributed by atoms with E-state index in [1.165, 1.54) is 0 Å². The Morgan fingerprint density at radius 1 is 0.857 bits per heavy atom. The molecule has 0 spiro atoms. The fourth-order valence-corrected chi connectivity index (χ4v) is 4.18. The number of nitrogens with one attached hydrogen (secondary N) is 1. The third-order valence-corrected chi connectivity index (χ3v) is 5.59. The van der Waals surface area contributed by atoms with Crippen LogP contribution in [0.3, 0.4) is 0 Å². The Bertz CT molecular complexity index is 1070.